The van der Waals surface area contributed by atoms with E-state index in [4.69, 9.17) is 20.4 Å². The van der Waals surface area contributed by atoms with Gasteiger partial charge in [0.05, 0.1) is 6.54 Å². The van der Waals surface area contributed by atoms with Crippen LogP contribution in [-0.2, 0) is 6.54 Å². The zero-order valence-corrected chi connectivity index (χ0v) is 11.6. The van der Waals surface area contributed by atoms with Crippen molar-refractivity contribution in [3.63, 3.8) is 0 Å². The van der Waals surface area contributed by atoms with Gasteiger partial charge in [0.25, 0.3) is 0 Å². The largest absolute Gasteiger partial charge is 0.449 e. The molecule has 20 heavy (non-hydrogen) atoms. The van der Waals surface area contributed by atoms with Crippen molar-refractivity contribution in [2.24, 2.45) is 0 Å². The highest BCUT2D eigenvalue weighted by Crippen LogP contribution is 2.21. The number of anilines is 1. The molecule has 3 rings (SSSR count). The van der Waals surface area contributed by atoms with Crippen molar-refractivity contribution in [3.05, 3.63) is 59.5 Å². The van der Waals surface area contributed by atoms with Crippen LogP contribution in [-0.4, -0.2) is 4.98 Å². The first-order valence-electron chi connectivity index (χ1n) is 6.21. The van der Waals surface area contributed by atoms with E-state index in [9.17, 15) is 0 Å². The lowest BCUT2D eigenvalue weighted by atomic mass is 10.1. The van der Waals surface area contributed by atoms with Gasteiger partial charge in [-0.3, -0.25) is 0 Å². The zero-order chi connectivity index (χ0) is 13.9. The lowest BCUT2D eigenvalue weighted by molar-refractivity contribution is 0.520. The topological polar surface area (TPSA) is 51.2 Å². The van der Waals surface area contributed by atoms with Gasteiger partial charge in [-0.25, -0.2) is 4.98 Å². The fourth-order valence-corrected chi connectivity index (χ4v) is 2.05. The summed E-state index contributed by atoms with van der Waals surface area (Å²) in [5, 5.41) is 3.66. The Labute approximate surface area is 121 Å². The summed E-state index contributed by atoms with van der Waals surface area (Å²) in [5.41, 5.74) is 2.86. The molecule has 4 nitrogen and oxygen atoms in total. The van der Waals surface area contributed by atoms with Crippen LogP contribution >= 0.6 is 11.6 Å². The molecule has 0 aliphatic rings. The molecular weight excluding hydrogens is 276 g/mol. The van der Waals surface area contributed by atoms with E-state index in [0.717, 1.165) is 22.7 Å². The van der Waals surface area contributed by atoms with E-state index >= 15 is 0 Å². The SMILES string of the molecule is Cc1nc(-c2ccc(NCc3ccc(Cl)o3)cc2)co1. The lowest BCUT2D eigenvalue weighted by Crippen LogP contribution is -1.97. The van der Waals surface area contributed by atoms with Gasteiger partial charge in [-0.15, -0.1) is 0 Å². The highest BCUT2D eigenvalue weighted by molar-refractivity contribution is 6.28. The predicted molar refractivity (Wildman–Crippen MR) is 77.7 cm³/mol. The Morgan fingerprint density at radius 2 is 1.95 bits per heavy atom. The van der Waals surface area contributed by atoms with Crippen molar-refractivity contribution in [2.75, 3.05) is 5.32 Å². The maximum atomic E-state index is 5.72. The van der Waals surface area contributed by atoms with E-state index in [-0.39, 0.29) is 0 Å². The molecule has 5 heteroatoms. The third-order valence-electron chi connectivity index (χ3n) is 2.90. The molecular formula is C15H13ClN2O2. The minimum atomic E-state index is 0.401. The van der Waals surface area contributed by atoms with Crippen molar-refractivity contribution in [1.29, 1.82) is 0 Å². The molecule has 2 aromatic heterocycles. The molecule has 102 valence electrons. The Bertz CT molecular complexity index is 701. The molecule has 0 aliphatic heterocycles. The molecule has 3 aromatic rings. The van der Waals surface area contributed by atoms with Gasteiger partial charge in [0, 0.05) is 18.2 Å². The number of furan rings is 1. The third kappa shape index (κ3) is 2.86. The first-order valence-corrected chi connectivity index (χ1v) is 6.59. The molecule has 0 aliphatic carbocycles. The fourth-order valence-electron chi connectivity index (χ4n) is 1.89. The van der Waals surface area contributed by atoms with Gasteiger partial charge in [0.15, 0.2) is 11.1 Å². The summed E-state index contributed by atoms with van der Waals surface area (Å²) in [6, 6.07) is 11.5. The fraction of sp³-hybridized carbons (Fsp3) is 0.133. The minimum absolute atomic E-state index is 0.401. The van der Waals surface area contributed by atoms with Crippen molar-refractivity contribution in [1.82, 2.24) is 4.98 Å². The van der Waals surface area contributed by atoms with Gasteiger partial charge in [-0.05, 0) is 35.9 Å². The molecule has 1 N–H and O–H groups in total. The molecule has 0 saturated carbocycles. The van der Waals surface area contributed by atoms with Crippen molar-refractivity contribution >= 4 is 17.3 Å². The smallest absolute Gasteiger partial charge is 0.193 e. The van der Waals surface area contributed by atoms with Crippen LogP contribution in [0.3, 0.4) is 0 Å². The average Bonchev–Trinajstić information content (AvgIpc) is 3.06. The van der Waals surface area contributed by atoms with E-state index in [1.165, 1.54) is 0 Å². The summed E-state index contributed by atoms with van der Waals surface area (Å²) in [5.74, 6) is 1.46. The third-order valence-corrected chi connectivity index (χ3v) is 3.10. The summed E-state index contributed by atoms with van der Waals surface area (Å²) in [6.07, 6.45) is 1.66. The minimum Gasteiger partial charge on any atom is -0.449 e. The second kappa shape index (κ2) is 5.43. The van der Waals surface area contributed by atoms with Crippen LogP contribution in [0.25, 0.3) is 11.3 Å². The highest BCUT2D eigenvalue weighted by Gasteiger charge is 2.04. The number of aromatic nitrogens is 1. The predicted octanol–water partition coefficient (Wildman–Crippen LogP) is 4.51. The van der Waals surface area contributed by atoms with Crippen LogP contribution in [0.4, 0.5) is 5.69 Å². The maximum absolute atomic E-state index is 5.72. The van der Waals surface area contributed by atoms with E-state index < -0.39 is 0 Å². The quantitative estimate of drug-likeness (QED) is 0.767. The summed E-state index contributed by atoms with van der Waals surface area (Å²) in [4.78, 5) is 4.29. The number of benzene rings is 1. The van der Waals surface area contributed by atoms with Crippen molar-refractivity contribution in [2.45, 2.75) is 13.5 Å². The van der Waals surface area contributed by atoms with Crippen LogP contribution in [0.1, 0.15) is 11.7 Å². The highest BCUT2D eigenvalue weighted by atomic mass is 35.5. The van der Waals surface area contributed by atoms with Crippen molar-refractivity contribution in [3.8, 4) is 11.3 Å². The number of oxazole rings is 1. The van der Waals surface area contributed by atoms with Crippen LogP contribution < -0.4 is 5.32 Å². The van der Waals surface area contributed by atoms with Crippen LogP contribution in [0.2, 0.25) is 5.22 Å². The number of hydrogen-bond acceptors (Lipinski definition) is 4. The maximum Gasteiger partial charge on any atom is 0.193 e. The van der Waals surface area contributed by atoms with E-state index in [1.54, 1.807) is 12.3 Å². The summed E-state index contributed by atoms with van der Waals surface area (Å²) < 4.78 is 10.5. The van der Waals surface area contributed by atoms with Gasteiger partial charge < -0.3 is 14.2 Å². The van der Waals surface area contributed by atoms with Crippen LogP contribution in [0, 0.1) is 6.92 Å². The number of hydrogen-bond donors (Lipinski definition) is 1. The number of halogens is 1. The number of aryl methyl sites for hydroxylation is 1. The Balaban J connectivity index is 1.67. The zero-order valence-electron chi connectivity index (χ0n) is 10.9. The van der Waals surface area contributed by atoms with Crippen LogP contribution in [0.5, 0.6) is 0 Å². The monoisotopic (exact) mass is 288 g/mol. The molecule has 0 saturated heterocycles. The molecule has 0 spiro atoms. The second-order valence-corrected chi connectivity index (χ2v) is 4.76. The van der Waals surface area contributed by atoms with Crippen molar-refractivity contribution < 1.29 is 8.83 Å². The summed E-state index contributed by atoms with van der Waals surface area (Å²) in [6.45, 7) is 2.42. The number of rotatable bonds is 4. The van der Waals surface area contributed by atoms with E-state index in [2.05, 4.69) is 10.3 Å². The van der Waals surface area contributed by atoms with Gasteiger partial charge >= 0.3 is 0 Å². The molecule has 1 aromatic carbocycles. The molecule has 0 amide bonds. The standard InChI is InChI=1S/C15H13ClN2O2/c1-10-18-14(9-19-10)11-2-4-12(5-3-11)17-8-13-6-7-15(16)20-13/h2-7,9,17H,8H2,1H3. The Morgan fingerprint density at radius 1 is 1.15 bits per heavy atom. The average molecular weight is 289 g/mol. The summed E-state index contributed by atoms with van der Waals surface area (Å²) in [7, 11) is 0. The van der Waals surface area contributed by atoms with E-state index in [0.29, 0.717) is 17.7 Å². The van der Waals surface area contributed by atoms with Gasteiger partial charge in [0.2, 0.25) is 0 Å². The second-order valence-electron chi connectivity index (χ2n) is 4.39. The Hall–Kier alpha value is -2.20. The first kappa shape index (κ1) is 12.8. The van der Waals surface area contributed by atoms with Gasteiger partial charge in [-0.2, -0.15) is 0 Å². The molecule has 0 radical (unpaired) electrons. The van der Waals surface area contributed by atoms with E-state index in [1.807, 2.05) is 37.3 Å². The summed E-state index contributed by atoms with van der Waals surface area (Å²) >= 11 is 5.72. The molecule has 0 fully saturated rings. The molecule has 0 bridgehead atoms. The lowest BCUT2D eigenvalue weighted by Gasteiger charge is -2.05. The Morgan fingerprint density at radius 3 is 2.55 bits per heavy atom. The van der Waals surface area contributed by atoms with Gasteiger partial charge in [0.1, 0.15) is 17.7 Å². The number of nitrogens with one attached hydrogen (secondary N) is 1. The normalized spacial score (nSPS) is 10.7. The van der Waals surface area contributed by atoms with Crippen LogP contribution in [0.15, 0.2) is 51.5 Å². The molecule has 0 atom stereocenters. The Kier molecular flexibility index (Phi) is 3.48. The first-order chi connectivity index (χ1) is 9.70. The molecule has 0 unspecified atom stereocenters. The number of nitrogens with zero attached hydrogens (tertiary/aromatic N) is 1. The van der Waals surface area contributed by atoms with Gasteiger partial charge in [-0.1, -0.05) is 12.1 Å². The molecule has 2 heterocycles.